The van der Waals surface area contributed by atoms with Gasteiger partial charge in [-0.25, -0.2) is 4.79 Å². The zero-order valence-electron chi connectivity index (χ0n) is 7.86. The molecule has 0 radical (unpaired) electrons. The van der Waals surface area contributed by atoms with Gasteiger partial charge in [0.2, 0.25) is 0 Å². The molecule has 0 aromatic carbocycles. The Hall–Kier alpha value is -1.06. The molecule has 3 rings (SSSR count). The van der Waals surface area contributed by atoms with Gasteiger partial charge in [0.25, 0.3) is 5.91 Å². The maximum absolute atomic E-state index is 11.4. The van der Waals surface area contributed by atoms with Crippen LogP contribution in [0.1, 0.15) is 25.7 Å². The van der Waals surface area contributed by atoms with Gasteiger partial charge in [-0.1, -0.05) is 6.42 Å². The van der Waals surface area contributed by atoms with E-state index >= 15 is 0 Å². The van der Waals surface area contributed by atoms with Gasteiger partial charge in [-0.2, -0.15) is 0 Å². The van der Waals surface area contributed by atoms with Gasteiger partial charge >= 0.3 is 6.09 Å². The van der Waals surface area contributed by atoms with E-state index in [0.29, 0.717) is 11.8 Å². The number of fused-ring (bicyclic) bond motifs is 2. The molecule has 14 heavy (non-hydrogen) atoms. The molecule has 0 aromatic heterocycles. The highest BCUT2D eigenvalue weighted by Crippen LogP contribution is 2.50. The summed E-state index contributed by atoms with van der Waals surface area (Å²) in [7, 11) is 0. The third-order valence-electron chi connectivity index (χ3n) is 3.90. The third-order valence-corrected chi connectivity index (χ3v) is 3.90. The van der Waals surface area contributed by atoms with E-state index in [4.69, 9.17) is 4.74 Å². The van der Waals surface area contributed by atoms with E-state index in [1.165, 1.54) is 19.3 Å². The minimum Gasteiger partial charge on any atom is -0.435 e. The summed E-state index contributed by atoms with van der Waals surface area (Å²) in [6.07, 6.45) is 3.74. The van der Waals surface area contributed by atoms with Crippen LogP contribution in [0.2, 0.25) is 0 Å². The average Bonchev–Trinajstić information content (AvgIpc) is 2.79. The molecular formula is C10H13NO3. The fourth-order valence-corrected chi connectivity index (χ4v) is 3.32. The Morgan fingerprint density at radius 3 is 2.57 bits per heavy atom. The van der Waals surface area contributed by atoms with Crippen LogP contribution in [0.15, 0.2) is 0 Å². The Bertz CT molecular complexity index is 302. The molecule has 1 aliphatic heterocycles. The summed E-state index contributed by atoms with van der Waals surface area (Å²) < 4.78 is 5.01. The number of hydrogen-bond donors (Lipinski definition) is 1. The summed E-state index contributed by atoms with van der Waals surface area (Å²) in [6, 6.07) is 0. The van der Waals surface area contributed by atoms with E-state index in [9.17, 15) is 9.59 Å². The molecule has 3 fully saturated rings. The maximum atomic E-state index is 11.4. The van der Waals surface area contributed by atoms with Crippen molar-refractivity contribution in [2.75, 3.05) is 0 Å². The first kappa shape index (κ1) is 8.26. The number of ether oxygens (including phenoxy) is 1. The van der Waals surface area contributed by atoms with E-state index in [1.54, 1.807) is 0 Å². The molecule has 1 N–H and O–H groups in total. The largest absolute Gasteiger partial charge is 0.435 e. The van der Waals surface area contributed by atoms with Crippen LogP contribution in [-0.4, -0.2) is 18.1 Å². The lowest BCUT2D eigenvalue weighted by Crippen LogP contribution is -2.33. The van der Waals surface area contributed by atoms with Crippen LogP contribution in [0, 0.1) is 17.8 Å². The van der Waals surface area contributed by atoms with Gasteiger partial charge in [0.1, 0.15) is 0 Å². The van der Waals surface area contributed by atoms with E-state index in [1.807, 2.05) is 0 Å². The Labute approximate surface area is 82.0 Å². The monoisotopic (exact) mass is 195 g/mol. The van der Waals surface area contributed by atoms with Gasteiger partial charge in [0.05, 0.1) is 0 Å². The molecule has 76 valence electrons. The number of amides is 2. The van der Waals surface area contributed by atoms with Crippen molar-refractivity contribution in [1.82, 2.24) is 5.32 Å². The van der Waals surface area contributed by atoms with Crippen molar-refractivity contribution in [1.29, 1.82) is 0 Å². The molecule has 0 spiro atoms. The van der Waals surface area contributed by atoms with Crippen molar-refractivity contribution in [2.45, 2.75) is 31.8 Å². The Balaban J connectivity index is 1.77. The highest BCUT2D eigenvalue weighted by Gasteiger charge is 2.49. The summed E-state index contributed by atoms with van der Waals surface area (Å²) >= 11 is 0. The molecular weight excluding hydrogens is 182 g/mol. The predicted molar refractivity (Wildman–Crippen MR) is 47.3 cm³/mol. The molecule has 1 heterocycles. The van der Waals surface area contributed by atoms with Crippen LogP contribution in [-0.2, 0) is 9.53 Å². The minimum atomic E-state index is -0.567. The second-order valence-electron chi connectivity index (χ2n) is 4.65. The SMILES string of the molecule is O=C1NC(=O)C(C2CC3CCC2C3)O1. The van der Waals surface area contributed by atoms with Gasteiger partial charge in [-0.3, -0.25) is 10.1 Å². The second-order valence-corrected chi connectivity index (χ2v) is 4.65. The van der Waals surface area contributed by atoms with Crippen LogP contribution in [0.3, 0.4) is 0 Å². The average molecular weight is 195 g/mol. The van der Waals surface area contributed by atoms with Crippen LogP contribution < -0.4 is 5.32 Å². The number of hydrogen-bond acceptors (Lipinski definition) is 3. The molecule has 4 unspecified atom stereocenters. The third kappa shape index (κ3) is 1.06. The minimum absolute atomic E-state index is 0.229. The molecule has 0 aromatic rings. The summed E-state index contributed by atoms with van der Waals surface area (Å²) in [6.45, 7) is 0. The fourth-order valence-electron chi connectivity index (χ4n) is 3.32. The summed E-state index contributed by atoms with van der Waals surface area (Å²) in [5.41, 5.74) is 0. The number of imide groups is 1. The number of carbonyl (C=O) groups excluding carboxylic acids is 2. The Morgan fingerprint density at radius 2 is 2.07 bits per heavy atom. The number of cyclic esters (lactones) is 1. The molecule has 1 saturated heterocycles. The van der Waals surface area contributed by atoms with Crippen molar-refractivity contribution < 1.29 is 14.3 Å². The first-order valence-corrected chi connectivity index (χ1v) is 5.25. The van der Waals surface area contributed by atoms with Crippen molar-refractivity contribution in [2.24, 2.45) is 17.8 Å². The van der Waals surface area contributed by atoms with Gasteiger partial charge in [-0.05, 0) is 31.1 Å². The lowest BCUT2D eigenvalue weighted by Gasteiger charge is -2.24. The quantitative estimate of drug-likeness (QED) is 0.680. The Morgan fingerprint density at radius 1 is 1.21 bits per heavy atom. The topological polar surface area (TPSA) is 55.4 Å². The van der Waals surface area contributed by atoms with Crippen LogP contribution in [0.5, 0.6) is 0 Å². The van der Waals surface area contributed by atoms with Crippen molar-refractivity contribution in [3.05, 3.63) is 0 Å². The number of rotatable bonds is 1. The van der Waals surface area contributed by atoms with Gasteiger partial charge in [0.15, 0.2) is 6.10 Å². The standard InChI is InChI=1S/C10H13NO3/c12-9-8(14-10(13)11-9)7-4-5-1-2-6(7)3-5/h5-8H,1-4H2,(H,11,12,13). The highest BCUT2D eigenvalue weighted by molar-refractivity contribution is 6.00. The lowest BCUT2D eigenvalue weighted by molar-refractivity contribution is -0.126. The normalized spacial score (nSPS) is 45.4. The van der Waals surface area contributed by atoms with Crippen LogP contribution in [0.25, 0.3) is 0 Å². The molecule has 2 aliphatic carbocycles. The summed E-state index contributed by atoms with van der Waals surface area (Å²) in [5, 5.41) is 2.20. The molecule has 4 atom stereocenters. The second kappa shape index (κ2) is 2.72. The molecule has 4 nitrogen and oxygen atoms in total. The number of alkyl carbamates (subject to hydrolysis) is 1. The van der Waals surface area contributed by atoms with E-state index in [-0.39, 0.29) is 5.91 Å². The highest BCUT2D eigenvalue weighted by atomic mass is 16.6. The summed E-state index contributed by atoms with van der Waals surface area (Å²) in [5.74, 6) is 1.45. The smallest absolute Gasteiger partial charge is 0.414 e. The maximum Gasteiger partial charge on any atom is 0.414 e. The van der Waals surface area contributed by atoms with Crippen molar-refractivity contribution in [3.8, 4) is 0 Å². The Kier molecular flexibility index (Phi) is 1.60. The molecule has 3 aliphatic rings. The summed E-state index contributed by atoms with van der Waals surface area (Å²) in [4.78, 5) is 22.3. The van der Waals surface area contributed by atoms with E-state index < -0.39 is 12.2 Å². The molecule has 2 bridgehead atoms. The first-order valence-electron chi connectivity index (χ1n) is 5.25. The molecule has 2 amide bonds. The van der Waals surface area contributed by atoms with Crippen molar-refractivity contribution >= 4 is 12.0 Å². The zero-order chi connectivity index (χ0) is 9.71. The van der Waals surface area contributed by atoms with E-state index in [2.05, 4.69) is 5.32 Å². The fraction of sp³-hybridized carbons (Fsp3) is 0.800. The van der Waals surface area contributed by atoms with Crippen LogP contribution >= 0.6 is 0 Å². The number of carbonyl (C=O) groups is 2. The van der Waals surface area contributed by atoms with Gasteiger partial charge in [-0.15, -0.1) is 0 Å². The zero-order valence-corrected chi connectivity index (χ0v) is 7.86. The molecule has 4 heteroatoms. The number of nitrogens with one attached hydrogen (secondary N) is 1. The lowest BCUT2D eigenvalue weighted by atomic mass is 9.84. The van der Waals surface area contributed by atoms with Crippen LogP contribution in [0.4, 0.5) is 4.79 Å². The van der Waals surface area contributed by atoms with E-state index in [0.717, 1.165) is 12.3 Å². The van der Waals surface area contributed by atoms with Gasteiger partial charge < -0.3 is 4.74 Å². The predicted octanol–water partition coefficient (Wildman–Crippen LogP) is 1.06. The van der Waals surface area contributed by atoms with Crippen molar-refractivity contribution in [3.63, 3.8) is 0 Å². The van der Waals surface area contributed by atoms with Gasteiger partial charge in [0, 0.05) is 5.92 Å². The first-order chi connectivity index (χ1) is 6.74. The molecule has 2 saturated carbocycles.